The Morgan fingerprint density at radius 3 is 3.00 bits per heavy atom. The first-order valence-electron chi connectivity index (χ1n) is 4.65. The molecule has 1 aromatic heterocycles. The molecule has 1 rings (SSSR count). The maximum absolute atomic E-state index is 4.34. The van der Waals surface area contributed by atoms with Gasteiger partial charge in [0.1, 0.15) is 5.03 Å². The number of aromatic nitrogens is 1. The molecular weight excluding hydrogens is 180 g/mol. The van der Waals surface area contributed by atoms with Gasteiger partial charge < -0.3 is 5.32 Å². The van der Waals surface area contributed by atoms with Gasteiger partial charge in [-0.3, -0.25) is 0 Å². The van der Waals surface area contributed by atoms with E-state index in [0.29, 0.717) is 0 Å². The molecule has 2 nitrogen and oxygen atoms in total. The van der Waals surface area contributed by atoms with Crippen LogP contribution in [0.15, 0.2) is 23.4 Å². The van der Waals surface area contributed by atoms with E-state index in [1.807, 2.05) is 12.3 Å². The molecule has 1 aromatic rings. The Morgan fingerprint density at radius 2 is 2.31 bits per heavy atom. The van der Waals surface area contributed by atoms with E-state index in [1.54, 1.807) is 11.8 Å². The number of nitrogens with one attached hydrogen (secondary N) is 1. The van der Waals surface area contributed by atoms with Crippen LogP contribution in [-0.4, -0.2) is 17.3 Å². The van der Waals surface area contributed by atoms with E-state index >= 15 is 0 Å². The van der Waals surface area contributed by atoms with E-state index in [9.17, 15) is 0 Å². The predicted octanol–water partition coefficient (Wildman–Crippen LogP) is 2.30. The van der Waals surface area contributed by atoms with Gasteiger partial charge in [0, 0.05) is 12.7 Å². The molecule has 0 bridgehead atoms. The van der Waals surface area contributed by atoms with Gasteiger partial charge in [-0.05, 0) is 23.9 Å². The zero-order valence-corrected chi connectivity index (χ0v) is 9.03. The van der Waals surface area contributed by atoms with Crippen molar-refractivity contribution in [1.29, 1.82) is 0 Å². The molecule has 0 saturated carbocycles. The minimum atomic E-state index is 0.923. The molecule has 0 amide bonds. The summed E-state index contributed by atoms with van der Waals surface area (Å²) in [5, 5.41) is 4.47. The van der Waals surface area contributed by atoms with Crippen LogP contribution < -0.4 is 5.32 Å². The molecular formula is C10H16N2S. The Hall–Kier alpha value is -0.540. The lowest BCUT2D eigenvalue weighted by Crippen LogP contribution is -2.12. The molecule has 1 N–H and O–H groups in total. The van der Waals surface area contributed by atoms with Crippen molar-refractivity contribution in [2.75, 3.05) is 12.3 Å². The van der Waals surface area contributed by atoms with Gasteiger partial charge >= 0.3 is 0 Å². The summed E-state index contributed by atoms with van der Waals surface area (Å²) >= 11 is 1.80. The third-order valence-corrected chi connectivity index (χ3v) is 2.63. The first-order chi connectivity index (χ1) is 6.38. The molecule has 1 heterocycles. The zero-order chi connectivity index (χ0) is 9.52. The SMILES string of the molecule is CCNCc1cccnc1SCC. The minimum Gasteiger partial charge on any atom is -0.313 e. The number of rotatable bonds is 5. The lowest BCUT2D eigenvalue weighted by atomic mass is 10.3. The molecule has 0 fully saturated rings. The fraction of sp³-hybridized carbons (Fsp3) is 0.500. The number of nitrogens with zero attached hydrogens (tertiary/aromatic N) is 1. The van der Waals surface area contributed by atoms with Crippen molar-refractivity contribution in [2.45, 2.75) is 25.4 Å². The number of pyridine rings is 1. The summed E-state index contributed by atoms with van der Waals surface area (Å²) in [6.45, 7) is 6.19. The van der Waals surface area contributed by atoms with Crippen molar-refractivity contribution in [2.24, 2.45) is 0 Å². The highest BCUT2D eigenvalue weighted by Crippen LogP contribution is 2.18. The van der Waals surface area contributed by atoms with E-state index in [-0.39, 0.29) is 0 Å². The van der Waals surface area contributed by atoms with Crippen LogP contribution in [0.3, 0.4) is 0 Å². The van der Waals surface area contributed by atoms with Gasteiger partial charge in [-0.25, -0.2) is 4.98 Å². The van der Waals surface area contributed by atoms with Crippen molar-refractivity contribution in [3.05, 3.63) is 23.9 Å². The molecule has 13 heavy (non-hydrogen) atoms. The standard InChI is InChI=1S/C10H16N2S/c1-3-11-8-9-6-5-7-12-10(9)13-4-2/h5-7,11H,3-4,8H2,1-2H3. The Bertz CT molecular complexity index is 250. The summed E-state index contributed by atoms with van der Waals surface area (Å²) in [6.07, 6.45) is 1.85. The van der Waals surface area contributed by atoms with Gasteiger partial charge in [0.15, 0.2) is 0 Å². The van der Waals surface area contributed by atoms with Crippen LogP contribution in [0.4, 0.5) is 0 Å². The average molecular weight is 196 g/mol. The second-order valence-electron chi connectivity index (χ2n) is 2.68. The van der Waals surface area contributed by atoms with Gasteiger partial charge in [0.25, 0.3) is 0 Å². The fourth-order valence-corrected chi connectivity index (χ4v) is 1.82. The van der Waals surface area contributed by atoms with Crippen molar-refractivity contribution in [3.63, 3.8) is 0 Å². The molecule has 72 valence electrons. The monoisotopic (exact) mass is 196 g/mol. The summed E-state index contributed by atoms with van der Waals surface area (Å²) in [7, 11) is 0. The van der Waals surface area contributed by atoms with Crippen LogP contribution in [-0.2, 0) is 6.54 Å². The Kier molecular flexibility index (Phi) is 4.86. The molecule has 3 heteroatoms. The zero-order valence-electron chi connectivity index (χ0n) is 8.21. The maximum atomic E-state index is 4.34. The molecule has 0 aliphatic rings. The van der Waals surface area contributed by atoms with Crippen molar-refractivity contribution in [1.82, 2.24) is 10.3 Å². The molecule has 0 atom stereocenters. The Balaban J connectivity index is 2.66. The van der Waals surface area contributed by atoms with Gasteiger partial charge in [-0.1, -0.05) is 19.9 Å². The first-order valence-corrected chi connectivity index (χ1v) is 5.64. The molecule has 0 radical (unpaired) electrons. The number of hydrogen-bond acceptors (Lipinski definition) is 3. The second kappa shape index (κ2) is 6.00. The molecule has 0 unspecified atom stereocenters. The topological polar surface area (TPSA) is 24.9 Å². The fourth-order valence-electron chi connectivity index (χ4n) is 1.09. The van der Waals surface area contributed by atoms with Crippen molar-refractivity contribution in [3.8, 4) is 0 Å². The van der Waals surface area contributed by atoms with E-state index in [4.69, 9.17) is 0 Å². The summed E-state index contributed by atoms with van der Waals surface area (Å²) in [4.78, 5) is 4.34. The Labute approximate surface area is 84.1 Å². The van der Waals surface area contributed by atoms with Crippen LogP contribution in [0.2, 0.25) is 0 Å². The van der Waals surface area contributed by atoms with Gasteiger partial charge in [0.05, 0.1) is 0 Å². The van der Waals surface area contributed by atoms with Crippen LogP contribution in [0.5, 0.6) is 0 Å². The van der Waals surface area contributed by atoms with Gasteiger partial charge in [-0.15, -0.1) is 11.8 Å². The lowest BCUT2D eigenvalue weighted by molar-refractivity contribution is 0.711. The number of thioether (sulfide) groups is 1. The lowest BCUT2D eigenvalue weighted by Gasteiger charge is -2.06. The first kappa shape index (κ1) is 10.5. The molecule has 0 spiro atoms. The quantitative estimate of drug-likeness (QED) is 0.731. The van der Waals surface area contributed by atoms with Crippen molar-refractivity contribution < 1.29 is 0 Å². The highest BCUT2D eigenvalue weighted by atomic mass is 32.2. The van der Waals surface area contributed by atoms with E-state index in [1.165, 1.54) is 5.56 Å². The number of hydrogen-bond donors (Lipinski definition) is 1. The second-order valence-corrected chi connectivity index (χ2v) is 3.93. The summed E-state index contributed by atoms with van der Waals surface area (Å²) in [6, 6.07) is 4.13. The van der Waals surface area contributed by atoms with Crippen LogP contribution in [0.1, 0.15) is 19.4 Å². The maximum Gasteiger partial charge on any atom is 0.100 e. The molecule has 0 aliphatic heterocycles. The highest BCUT2D eigenvalue weighted by Gasteiger charge is 2.01. The molecule has 0 saturated heterocycles. The third kappa shape index (κ3) is 3.36. The van der Waals surface area contributed by atoms with E-state index < -0.39 is 0 Å². The highest BCUT2D eigenvalue weighted by molar-refractivity contribution is 7.99. The summed E-state index contributed by atoms with van der Waals surface area (Å²) < 4.78 is 0. The largest absolute Gasteiger partial charge is 0.313 e. The van der Waals surface area contributed by atoms with E-state index in [0.717, 1.165) is 23.9 Å². The van der Waals surface area contributed by atoms with Crippen LogP contribution >= 0.6 is 11.8 Å². The Morgan fingerprint density at radius 1 is 1.46 bits per heavy atom. The average Bonchev–Trinajstić information content (AvgIpc) is 2.17. The normalized spacial score (nSPS) is 10.3. The minimum absolute atomic E-state index is 0.923. The van der Waals surface area contributed by atoms with Crippen LogP contribution in [0.25, 0.3) is 0 Å². The van der Waals surface area contributed by atoms with Crippen LogP contribution in [0, 0.1) is 0 Å². The summed E-state index contributed by atoms with van der Waals surface area (Å²) in [5.74, 6) is 1.08. The molecule has 0 aliphatic carbocycles. The van der Waals surface area contributed by atoms with Crippen molar-refractivity contribution >= 4 is 11.8 Å². The molecule has 0 aromatic carbocycles. The van der Waals surface area contributed by atoms with E-state index in [2.05, 4.69) is 30.2 Å². The third-order valence-electron chi connectivity index (χ3n) is 1.70. The predicted molar refractivity (Wildman–Crippen MR) is 58.0 cm³/mol. The summed E-state index contributed by atoms with van der Waals surface area (Å²) in [5.41, 5.74) is 1.30. The van der Waals surface area contributed by atoms with Gasteiger partial charge in [0.2, 0.25) is 0 Å². The smallest absolute Gasteiger partial charge is 0.100 e. The van der Waals surface area contributed by atoms with Gasteiger partial charge in [-0.2, -0.15) is 0 Å².